The first kappa shape index (κ1) is 24.9. The average Bonchev–Trinajstić information content (AvgIpc) is 2.83. The molecule has 2 aliphatic rings. The van der Waals surface area contributed by atoms with Crippen molar-refractivity contribution in [2.45, 2.75) is 69.6 Å². The highest BCUT2D eigenvalue weighted by Gasteiger charge is 2.44. The molecule has 2 aromatic carbocycles. The number of nitrogens with one attached hydrogen (secondary N) is 1. The van der Waals surface area contributed by atoms with E-state index >= 15 is 0 Å². The van der Waals surface area contributed by atoms with Gasteiger partial charge >= 0.3 is 0 Å². The number of likely N-dealkylation sites (tertiary alicyclic amines) is 1. The number of rotatable bonds is 7. The number of hydrogen-bond acceptors (Lipinski definition) is 5. The minimum Gasteiger partial charge on any atom is -0.486 e. The number of carbonyl (C=O) groups excluding carboxylic acids is 3. The number of carbonyl (C=O) groups is 3. The second kappa shape index (κ2) is 10.2. The Balaban J connectivity index is 1.40. The molecule has 2 aromatic rings. The average molecular weight is 478 g/mol. The fraction of sp³-hybridized carbons (Fsp3) is 0.464. The van der Waals surface area contributed by atoms with E-state index in [0.29, 0.717) is 50.1 Å². The van der Waals surface area contributed by atoms with Gasteiger partial charge in [-0.1, -0.05) is 42.5 Å². The molecular formula is C28H35N3O4. The molecule has 0 aromatic heterocycles. The van der Waals surface area contributed by atoms with E-state index in [0.717, 1.165) is 12.8 Å². The molecule has 0 aliphatic carbocycles. The molecule has 1 saturated heterocycles. The molecule has 3 N–H and O–H groups in total. The van der Waals surface area contributed by atoms with Gasteiger partial charge in [0.05, 0.1) is 17.5 Å². The van der Waals surface area contributed by atoms with Crippen LogP contribution >= 0.6 is 0 Å². The summed E-state index contributed by atoms with van der Waals surface area (Å²) in [7, 11) is 0. The Hall–Kier alpha value is -3.19. The molecule has 0 unspecified atom stereocenters. The lowest BCUT2D eigenvalue weighted by molar-refractivity contribution is -0.140. The van der Waals surface area contributed by atoms with Crippen molar-refractivity contribution in [2.75, 3.05) is 13.1 Å². The molecule has 35 heavy (non-hydrogen) atoms. The number of nitrogens with two attached hydrogens (primary N) is 1. The van der Waals surface area contributed by atoms with Crippen LogP contribution in [0.1, 0.15) is 61.9 Å². The van der Waals surface area contributed by atoms with Gasteiger partial charge in [-0.3, -0.25) is 14.4 Å². The summed E-state index contributed by atoms with van der Waals surface area (Å²) in [5.41, 5.74) is 6.16. The number of hydrogen-bond donors (Lipinski definition) is 2. The van der Waals surface area contributed by atoms with Gasteiger partial charge in [-0.25, -0.2) is 0 Å². The number of nitrogens with zero attached hydrogens (tertiary/aromatic N) is 1. The van der Waals surface area contributed by atoms with E-state index in [4.69, 9.17) is 10.5 Å². The number of amides is 2. The number of piperidine rings is 1. The zero-order valence-electron chi connectivity index (χ0n) is 20.6. The van der Waals surface area contributed by atoms with Gasteiger partial charge in [0.25, 0.3) is 0 Å². The van der Waals surface area contributed by atoms with Gasteiger partial charge < -0.3 is 20.7 Å². The Morgan fingerprint density at radius 1 is 1.09 bits per heavy atom. The predicted molar refractivity (Wildman–Crippen MR) is 134 cm³/mol. The second-order valence-corrected chi connectivity index (χ2v) is 10.3. The summed E-state index contributed by atoms with van der Waals surface area (Å²) in [4.78, 5) is 40.6. The molecule has 7 heteroatoms. The van der Waals surface area contributed by atoms with Crippen LogP contribution in [0.5, 0.6) is 5.75 Å². The Bertz CT molecular complexity index is 1070. The van der Waals surface area contributed by atoms with E-state index in [1.807, 2.05) is 36.4 Å². The van der Waals surface area contributed by atoms with Crippen LogP contribution in [0.3, 0.4) is 0 Å². The first-order chi connectivity index (χ1) is 16.7. The van der Waals surface area contributed by atoms with E-state index in [1.54, 1.807) is 24.8 Å². The zero-order chi connectivity index (χ0) is 25.1. The Labute approximate surface area is 207 Å². The Morgan fingerprint density at radius 3 is 2.43 bits per heavy atom. The molecule has 2 aliphatic heterocycles. The molecule has 4 rings (SSSR count). The third-order valence-electron chi connectivity index (χ3n) is 6.97. The molecule has 7 nitrogen and oxygen atoms in total. The van der Waals surface area contributed by atoms with Gasteiger partial charge in [-0.15, -0.1) is 0 Å². The maximum atomic E-state index is 13.5. The van der Waals surface area contributed by atoms with Crippen LogP contribution in [-0.4, -0.2) is 52.8 Å². The summed E-state index contributed by atoms with van der Waals surface area (Å²) in [5.74, 6) is 0.262. The molecule has 0 bridgehead atoms. The van der Waals surface area contributed by atoms with Gasteiger partial charge in [0.15, 0.2) is 5.78 Å². The van der Waals surface area contributed by atoms with Crippen LogP contribution in [0, 0.1) is 0 Å². The minimum absolute atomic E-state index is 0.0860. The van der Waals surface area contributed by atoms with Crippen LogP contribution in [0.25, 0.3) is 0 Å². The largest absolute Gasteiger partial charge is 0.486 e. The van der Waals surface area contributed by atoms with Crippen molar-refractivity contribution in [3.8, 4) is 5.75 Å². The second-order valence-electron chi connectivity index (χ2n) is 10.3. The molecule has 1 atom stereocenters. The maximum Gasteiger partial charge on any atom is 0.245 e. The number of ether oxygens (including phenoxy) is 1. The van der Waals surface area contributed by atoms with E-state index in [-0.39, 0.29) is 17.6 Å². The number of fused-ring (bicyclic) bond motifs is 1. The van der Waals surface area contributed by atoms with E-state index < -0.39 is 17.2 Å². The van der Waals surface area contributed by atoms with Gasteiger partial charge in [-0.05, 0) is 50.8 Å². The van der Waals surface area contributed by atoms with E-state index in [2.05, 4.69) is 17.4 Å². The van der Waals surface area contributed by atoms with Gasteiger partial charge in [0, 0.05) is 25.9 Å². The molecular weight excluding hydrogens is 442 g/mol. The van der Waals surface area contributed by atoms with Crippen molar-refractivity contribution in [3.05, 3.63) is 65.7 Å². The van der Waals surface area contributed by atoms with E-state index in [9.17, 15) is 14.4 Å². The monoisotopic (exact) mass is 477 g/mol. The third-order valence-corrected chi connectivity index (χ3v) is 6.97. The lowest BCUT2D eigenvalue weighted by Gasteiger charge is -2.44. The van der Waals surface area contributed by atoms with Crippen LogP contribution in [0.2, 0.25) is 0 Å². The van der Waals surface area contributed by atoms with Crippen molar-refractivity contribution >= 4 is 17.6 Å². The smallest absolute Gasteiger partial charge is 0.245 e. The summed E-state index contributed by atoms with van der Waals surface area (Å²) < 4.78 is 6.30. The van der Waals surface area contributed by atoms with Crippen molar-refractivity contribution in [3.63, 3.8) is 0 Å². The molecule has 2 heterocycles. The summed E-state index contributed by atoms with van der Waals surface area (Å²) >= 11 is 0. The zero-order valence-corrected chi connectivity index (χ0v) is 20.6. The number of para-hydroxylation sites is 1. The van der Waals surface area contributed by atoms with Crippen LogP contribution in [0.15, 0.2) is 54.6 Å². The first-order valence-corrected chi connectivity index (χ1v) is 12.4. The highest BCUT2D eigenvalue weighted by atomic mass is 16.5. The van der Waals surface area contributed by atoms with Crippen LogP contribution in [-0.2, 0) is 16.0 Å². The van der Waals surface area contributed by atoms with Crippen LogP contribution < -0.4 is 15.8 Å². The maximum absolute atomic E-state index is 13.5. The lowest BCUT2D eigenvalue weighted by Crippen LogP contribution is -2.59. The van der Waals surface area contributed by atoms with Gasteiger partial charge in [0.2, 0.25) is 11.8 Å². The number of benzene rings is 2. The molecule has 1 fully saturated rings. The minimum atomic E-state index is -1.08. The highest BCUT2D eigenvalue weighted by Crippen LogP contribution is 2.39. The number of aryl methyl sites for hydroxylation is 1. The van der Waals surface area contributed by atoms with Crippen molar-refractivity contribution in [2.24, 2.45) is 5.73 Å². The summed E-state index contributed by atoms with van der Waals surface area (Å²) in [5, 5.41) is 2.89. The van der Waals surface area contributed by atoms with Crippen molar-refractivity contribution in [1.82, 2.24) is 10.2 Å². The fourth-order valence-corrected chi connectivity index (χ4v) is 4.83. The number of Topliss-reactive ketones (excluding diaryl/α,β-unsaturated/α-hetero) is 1. The molecule has 2 amide bonds. The van der Waals surface area contributed by atoms with Gasteiger partial charge in [0.1, 0.15) is 17.4 Å². The Morgan fingerprint density at radius 2 is 1.74 bits per heavy atom. The summed E-state index contributed by atoms with van der Waals surface area (Å²) in [6.07, 6.45) is 3.59. The highest BCUT2D eigenvalue weighted by molar-refractivity contribution is 6.00. The number of ketones is 1. The predicted octanol–water partition coefficient (Wildman–Crippen LogP) is 3.26. The quantitative estimate of drug-likeness (QED) is 0.637. The standard InChI is InChI=1S/C28H35N3O4/c1-27(2,29)26(34)30-22(13-8-11-20-9-4-3-5-10-20)25(33)31-17-15-28(16-18-31)19-23(32)21-12-6-7-14-24(21)35-28/h3-7,9-10,12,14,22H,8,11,13,15-19,29H2,1-2H3,(H,30,34)/t22-/m1/s1. The third kappa shape index (κ3) is 5.90. The molecule has 186 valence electrons. The van der Waals surface area contributed by atoms with E-state index in [1.165, 1.54) is 5.56 Å². The first-order valence-electron chi connectivity index (χ1n) is 12.4. The van der Waals surface area contributed by atoms with Crippen molar-refractivity contribution in [1.29, 1.82) is 0 Å². The van der Waals surface area contributed by atoms with Gasteiger partial charge in [-0.2, -0.15) is 0 Å². The summed E-state index contributed by atoms with van der Waals surface area (Å²) in [6, 6.07) is 16.8. The van der Waals surface area contributed by atoms with Crippen molar-refractivity contribution < 1.29 is 19.1 Å². The fourth-order valence-electron chi connectivity index (χ4n) is 4.83. The topological polar surface area (TPSA) is 102 Å². The molecule has 1 spiro atoms. The summed E-state index contributed by atoms with van der Waals surface area (Å²) in [6.45, 7) is 4.22. The SMILES string of the molecule is CC(C)(N)C(=O)N[C@H](CCCc1ccccc1)C(=O)N1CCC2(CC1)CC(=O)c1ccccc1O2. The molecule has 0 radical (unpaired) electrons. The molecule has 0 saturated carbocycles. The van der Waals surface area contributed by atoms with Crippen LogP contribution in [0.4, 0.5) is 0 Å². The normalized spacial score (nSPS) is 17.9. The Kier molecular flexibility index (Phi) is 7.26. The lowest BCUT2D eigenvalue weighted by atomic mass is 9.82.